The van der Waals surface area contributed by atoms with Crippen LogP contribution >= 0.6 is 0 Å². The molecular formula is C13H28N2OSi2. The van der Waals surface area contributed by atoms with E-state index in [4.69, 9.17) is 5.10 Å². The van der Waals surface area contributed by atoms with Crippen LogP contribution in [0.1, 0.15) is 33.1 Å². The lowest BCUT2D eigenvalue weighted by Gasteiger charge is -2.49. The van der Waals surface area contributed by atoms with Crippen molar-refractivity contribution in [1.29, 1.82) is 0 Å². The predicted octanol–water partition coefficient (Wildman–Crippen LogP) is 3.85. The van der Waals surface area contributed by atoms with Crippen LogP contribution in [-0.4, -0.2) is 32.3 Å². The van der Waals surface area contributed by atoms with Gasteiger partial charge >= 0.3 is 0 Å². The van der Waals surface area contributed by atoms with Crippen molar-refractivity contribution in [3.05, 3.63) is 0 Å². The van der Waals surface area contributed by atoms with Crippen molar-refractivity contribution in [2.75, 3.05) is 0 Å². The Morgan fingerprint density at radius 1 is 1.17 bits per heavy atom. The number of ketones is 1. The molecule has 0 spiro atoms. The summed E-state index contributed by atoms with van der Waals surface area (Å²) in [6.07, 6.45) is 3.17. The second-order valence-electron chi connectivity index (χ2n) is 6.64. The van der Waals surface area contributed by atoms with Crippen LogP contribution in [0.15, 0.2) is 5.10 Å². The molecule has 0 radical (unpaired) electrons. The molecule has 0 aliphatic carbocycles. The summed E-state index contributed by atoms with van der Waals surface area (Å²) in [5.41, 5.74) is 0.792. The summed E-state index contributed by atoms with van der Waals surface area (Å²) in [5, 5.41) is 4.85. The van der Waals surface area contributed by atoms with Crippen LogP contribution in [-0.2, 0) is 4.79 Å². The first-order chi connectivity index (χ1) is 8.20. The zero-order valence-corrected chi connectivity index (χ0v) is 14.8. The molecule has 0 aromatic rings. The normalized spacial score (nSPS) is 23.0. The third kappa shape index (κ3) is 3.54. The van der Waals surface area contributed by atoms with Crippen LogP contribution in [0.25, 0.3) is 0 Å². The summed E-state index contributed by atoms with van der Waals surface area (Å²) in [5.74, 6) is 0.150. The molecule has 1 aliphatic heterocycles. The molecule has 1 heterocycles. The van der Waals surface area contributed by atoms with Gasteiger partial charge in [-0.25, -0.2) is 0 Å². The fraction of sp³-hybridized carbons (Fsp3) is 0.846. The third-order valence-corrected chi connectivity index (χ3v) is 13.1. The Bertz CT molecular complexity index is 335. The van der Waals surface area contributed by atoms with Gasteiger partial charge in [0.1, 0.15) is 5.71 Å². The number of nitrogens with zero attached hydrogens (tertiary/aromatic N) is 2. The molecule has 18 heavy (non-hydrogen) atoms. The highest BCUT2D eigenvalue weighted by Crippen LogP contribution is 2.35. The van der Waals surface area contributed by atoms with Gasteiger partial charge in [-0.3, -0.25) is 4.79 Å². The molecule has 1 saturated heterocycles. The van der Waals surface area contributed by atoms with Crippen LogP contribution in [0.5, 0.6) is 0 Å². The maximum atomic E-state index is 11.7. The van der Waals surface area contributed by atoms with Crippen molar-refractivity contribution in [2.24, 2.45) is 5.10 Å². The third-order valence-electron chi connectivity index (χ3n) is 3.84. The van der Waals surface area contributed by atoms with Gasteiger partial charge in [0, 0.05) is 6.92 Å². The largest absolute Gasteiger partial charge is 0.349 e. The first-order valence-electron chi connectivity index (χ1n) is 7.09. The number of hydrogen-bond acceptors (Lipinski definition) is 3. The molecule has 5 heteroatoms. The number of hydrogen-bond donors (Lipinski definition) is 0. The van der Waals surface area contributed by atoms with Crippen molar-refractivity contribution >= 4 is 28.0 Å². The number of carbonyl (C=O) groups excluding carboxylic acids is 1. The minimum atomic E-state index is -1.44. The fourth-order valence-corrected chi connectivity index (χ4v) is 13.8. The molecule has 0 aromatic heterocycles. The molecule has 0 atom stereocenters. The smallest absolute Gasteiger partial charge is 0.175 e. The fourth-order valence-electron chi connectivity index (χ4n) is 2.91. The van der Waals surface area contributed by atoms with Gasteiger partial charge in [-0.1, -0.05) is 46.0 Å². The number of hydrazone groups is 1. The summed E-state index contributed by atoms with van der Waals surface area (Å²) in [4.78, 5) is 11.7. The van der Waals surface area contributed by atoms with Crippen molar-refractivity contribution in [3.63, 3.8) is 0 Å². The maximum Gasteiger partial charge on any atom is 0.175 e. The topological polar surface area (TPSA) is 32.7 Å². The Kier molecular flexibility index (Phi) is 4.94. The minimum absolute atomic E-state index is 0.150. The molecule has 3 nitrogen and oxygen atoms in total. The van der Waals surface area contributed by atoms with E-state index in [9.17, 15) is 4.79 Å². The van der Waals surface area contributed by atoms with E-state index in [1.165, 1.54) is 18.5 Å². The zero-order chi connectivity index (χ0) is 14.0. The molecule has 0 amide bonds. The Morgan fingerprint density at radius 2 is 1.67 bits per heavy atom. The Balaban J connectivity index is 3.08. The predicted molar refractivity (Wildman–Crippen MR) is 84.1 cm³/mol. The van der Waals surface area contributed by atoms with E-state index >= 15 is 0 Å². The molecule has 0 bridgehead atoms. The standard InChI is InChI=1S/C13H28N2OSi2/c1-7-9-13(12(2)16)14-15-17(3,4)10-8-11-18(15,5)6/h7-11H2,1-6H3. The maximum absolute atomic E-state index is 11.7. The second-order valence-corrected chi connectivity index (χ2v) is 16.2. The Labute approximate surface area is 114 Å². The molecule has 104 valence electrons. The number of Topliss-reactive ketones (excluding diaryl/α,β-unsaturated/α-hetero) is 1. The van der Waals surface area contributed by atoms with E-state index in [0.29, 0.717) is 0 Å². The second kappa shape index (κ2) is 5.69. The highest BCUT2D eigenvalue weighted by Gasteiger charge is 2.44. The van der Waals surface area contributed by atoms with Gasteiger partial charge in [-0.15, -0.1) is 0 Å². The van der Waals surface area contributed by atoms with Crippen molar-refractivity contribution in [2.45, 2.75) is 71.4 Å². The van der Waals surface area contributed by atoms with Crippen LogP contribution in [0.2, 0.25) is 38.3 Å². The number of carbonyl (C=O) groups is 1. The van der Waals surface area contributed by atoms with E-state index in [1.807, 2.05) is 0 Å². The molecular weight excluding hydrogens is 256 g/mol. The number of rotatable bonds is 4. The van der Waals surface area contributed by atoms with E-state index in [-0.39, 0.29) is 5.78 Å². The first-order valence-corrected chi connectivity index (χ1v) is 13.4. The molecule has 1 rings (SSSR count). The summed E-state index contributed by atoms with van der Waals surface area (Å²) >= 11 is 0. The van der Waals surface area contributed by atoms with Gasteiger partial charge in [0.15, 0.2) is 22.3 Å². The summed E-state index contributed by atoms with van der Waals surface area (Å²) in [6, 6.07) is 2.62. The van der Waals surface area contributed by atoms with Gasteiger partial charge in [0.25, 0.3) is 0 Å². The summed E-state index contributed by atoms with van der Waals surface area (Å²) in [7, 11) is -2.88. The monoisotopic (exact) mass is 284 g/mol. The SMILES string of the molecule is CCCC(=NN1[Si](C)(C)CCC[Si]1(C)C)C(C)=O. The Hall–Kier alpha value is -0.426. The lowest BCUT2D eigenvalue weighted by molar-refractivity contribution is -0.111. The van der Waals surface area contributed by atoms with Crippen LogP contribution in [0.3, 0.4) is 0 Å². The molecule has 1 fully saturated rings. The van der Waals surface area contributed by atoms with Crippen LogP contribution in [0.4, 0.5) is 0 Å². The lowest BCUT2D eigenvalue weighted by Crippen LogP contribution is -2.62. The van der Waals surface area contributed by atoms with E-state index in [1.54, 1.807) is 6.92 Å². The molecule has 0 unspecified atom stereocenters. The highest BCUT2D eigenvalue weighted by atomic mass is 28.4. The quantitative estimate of drug-likeness (QED) is 0.580. The van der Waals surface area contributed by atoms with Gasteiger partial charge < -0.3 is 4.34 Å². The van der Waals surface area contributed by atoms with Gasteiger partial charge in [-0.05, 0) is 18.5 Å². The van der Waals surface area contributed by atoms with E-state index in [2.05, 4.69) is 37.5 Å². The van der Waals surface area contributed by atoms with Crippen LogP contribution < -0.4 is 0 Å². The van der Waals surface area contributed by atoms with E-state index in [0.717, 1.165) is 18.6 Å². The summed E-state index contributed by atoms with van der Waals surface area (Å²) in [6.45, 7) is 13.4. The van der Waals surface area contributed by atoms with Crippen LogP contribution in [0, 0.1) is 0 Å². The average Bonchev–Trinajstić information content (AvgIpc) is 2.20. The molecule has 0 N–H and O–H groups in total. The van der Waals surface area contributed by atoms with Crippen molar-refractivity contribution in [1.82, 2.24) is 4.34 Å². The van der Waals surface area contributed by atoms with E-state index < -0.39 is 16.5 Å². The Morgan fingerprint density at radius 3 is 2.06 bits per heavy atom. The van der Waals surface area contributed by atoms with Crippen molar-refractivity contribution in [3.8, 4) is 0 Å². The van der Waals surface area contributed by atoms with Gasteiger partial charge in [0.2, 0.25) is 0 Å². The van der Waals surface area contributed by atoms with Gasteiger partial charge in [-0.2, -0.15) is 5.10 Å². The summed E-state index contributed by atoms with van der Waals surface area (Å²) < 4.78 is 2.45. The minimum Gasteiger partial charge on any atom is -0.349 e. The van der Waals surface area contributed by atoms with Gasteiger partial charge in [0.05, 0.1) is 0 Å². The first kappa shape index (κ1) is 15.6. The average molecular weight is 285 g/mol. The lowest BCUT2D eigenvalue weighted by atomic mass is 10.2. The molecule has 1 aliphatic rings. The molecule has 0 saturated carbocycles. The highest BCUT2D eigenvalue weighted by molar-refractivity contribution is 6.91. The molecule has 0 aromatic carbocycles. The van der Waals surface area contributed by atoms with Crippen molar-refractivity contribution < 1.29 is 4.79 Å². The zero-order valence-electron chi connectivity index (χ0n) is 12.8.